The quantitative estimate of drug-likeness (QED) is 0.382. The van der Waals surface area contributed by atoms with Crippen LogP contribution in [0.4, 0.5) is 0 Å². The van der Waals surface area contributed by atoms with Crippen LogP contribution in [-0.2, 0) is 9.53 Å². The van der Waals surface area contributed by atoms with Gasteiger partial charge in [-0.3, -0.25) is 0 Å². The van der Waals surface area contributed by atoms with Gasteiger partial charge in [0.1, 0.15) is 12.2 Å². The van der Waals surface area contributed by atoms with Gasteiger partial charge in [0.15, 0.2) is 6.10 Å². The van der Waals surface area contributed by atoms with Gasteiger partial charge in [-0.2, -0.15) is 0 Å². The molecule has 3 atom stereocenters. The number of rotatable bonds is 5. The maximum atomic E-state index is 10.3. The Hall–Kier alpha value is -0.690. The minimum absolute atomic E-state index is 0.714. The highest BCUT2D eigenvalue weighted by atomic mass is 16.5. The van der Waals surface area contributed by atoms with Crippen molar-refractivity contribution in [2.75, 3.05) is 13.7 Å². The Kier molecular flexibility index (Phi) is 4.75. The summed E-state index contributed by atoms with van der Waals surface area (Å²) in [6.07, 6.45) is -4.66. The lowest BCUT2D eigenvalue weighted by Crippen LogP contribution is -2.44. The second-order valence-corrected chi connectivity index (χ2v) is 2.24. The Balaban J connectivity index is 4.20. The average Bonchev–Trinajstić information content (AvgIpc) is 2.03. The average molecular weight is 180 g/mol. The van der Waals surface area contributed by atoms with Crippen molar-refractivity contribution in [3.63, 3.8) is 0 Å². The summed E-state index contributed by atoms with van der Waals surface area (Å²) >= 11 is 0. The van der Waals surface area contributed by atoms with Crippen molar-refractivity contribution >= 4 is 5.97 Å². The van der Waals surface area contributed by atoms with E-state index in [2.05, 4.69) is 4.74 Å². The third-order valence-corrected chi connectivity index (χ3v) is 1.39. The number of aliphatic hydroxyl groups is 3. The first-order chi connectivity index (χ1) is 5.54. The lowest BCUT2D eigenvalue weighted by Gasteiger charge is -2.20. The summed E-state index contributed by atoms with van der Waals surface area (Å²) in [5.74, 6) is -1.39. The van der Waals surface area contributed by atoms with Crippen LogP contribution in [0, 0.1) is 0 Å². The third-order valence-electron chi connectivity index (χ3n) is 1.39. The maximum Gasteiger partial charge on any atom is 0.335 e. The summed E-state index contributed by atoms with van der Waals surface area (Å²) in [4.78, 5) is 10.3. The molecule has 0 fully saturated rings. The van der Waals surface area contributed by atoms with Crippen molar-refractivity contribution in [3.05, 3.63) is 0 Å². The molecule has 0 rings (SSSR count). The molecule has 12 heavy (non-hydrogen) atoms. The number of ether oxygens (including phenoxy) is 1. The summed E-state index contributed by atoms with van der Waals surface area (Å²) in [6, 6.07) is 0. The van der Waals surface area contributed by atoms with Gasteiger partial charge in [0.2, 0.25) is 0 Å². The van der Waals surface area contributed by atoms with E-state index in [-0.39, 0.29) is 0 Å². The number of hydrogen-bond acceptors (Lipinski definition) is 5. The van der Waals surface area contributed by atoms with E-state index in [9.17, 15) is 4.79 Å². The predicted molar refractivity (Wildman–Crippen MR) is 37.5 cm³/mol. The molecule has 0 heterocycles. The lowest BCUT2D eigenvalue weighted by atomic mass is 10.1. The number of methoxy groups -OCH3 is 1. The molecule has 0 aliphatic carbocycles. The summed E-state index contributed by atoms with van der Waals surface area (Å²) in [5, 5.41) is 34.6. The normalized spacial score (nSPS) is 18.3. The first-order valence-electron chi connectivity index (χ1n) is 3.27. The zero-order valence-corrected chi connectivity index (χ0v) is 6.54. The summed E-state index contributed by atoms with van der Waals surface area (Å²) in [5.41, 5.74) is 0. The third kappa shape index (κ3) is 2.74. The van der Waals surface area contributed by atoms with E-state index >= 15 is 0 Å². The van der Waals surface area contributed by atoms with Crippen molar-refractivity contribution in [1.29, 1.82) is 0 Å². The number of carboxylic acids is 1. The van der Waals surface area contributed by atoms with Crippen LogP contribution in [0.5, 0.6) is 0 Å². The molecule has 0 aliphatic rings. The lowest BCUT2D eigenvalue weighted by molar-refractivity contribution is -0.163. The summed E-state index contributed by atoms with van der Waals surface area (Å²) < 4.78 is 4.38. The predicted octanol–water partition coefficient (Wildman–Crippen LogP) is -2.20. The fraction of sp³-hybridized carbons (Fsp3) is 0.833. The van der Waals surface area contributed by atoms with E-state index < -0.39 is 30.9 Å². The number of carbonyl (C=O) groups is 1. The fourth-order valence-corrected chi connectivity index (χ4v) is 0.696. The van der Waals surface area contributed by atoms with Gasteiger partial charge < -0.3 is 25.2 Å². The molecule has 6 nitrogen and oxygen atoms in total. The van der Waals surface area contributed by atoms with E-state index in [0.717, 1.165) is 7.11 Å². The van der Waals surface area contributed by atoms with Crippen LogP contribution in [0.1, 0.15) is 0 Å². The van der Waals surface area contributed by atoms with Crippen LogP contribution in [0.3, 0.4) is 0 Å². The number of aliphatic hydroxyl groups excluding tert-OH is 3. The van der Waals surface area contributed by atoms with Gasteiger partial charge in [0, 0.05) is 7.11 Å². The van der Waals surface area contributed by atoms with Crippen molar-refractivity contribution < 1.29 is 30.0 Å². The fourth-order valence-electron chi connectivity index (χ4n) is 0.696. The van der Waals surface area contributed by atoms with Crippen LogP contribution < -0.4 is 0 Å². The monoisotopic (exact) mass is 180 g/mol. The molecular formula is C6H12O6. The standard InChI is InChI=1S/C6H12O6/c1-12-5(6(10)11)4(9)3(8)2-7/h3-5,7-9H,2H2,1H3,(H,10,11)/t3-,4-,5-/m1/s1. The molecule has 6 heteroatoms. The Bertz CT molecular complexity index is 147. The number of hydrogen-bond donors (Lipinski definition) is 4. The smallest absolute Gasteiger partial charge is 0.335 e. The molecule has 0 saturated carbocycles. The maximum absolute atomic E-state index is 10.3. The van der Waals surface area contributed by atoms with Gasteiger partial charge in [0.25, 0.3) is 0 Å². The minimum Gasteiger partial charge on any atom is -0.479 e. The Labute approximate surface area is 69.0 Å². The molecule has 0 aromatic carbocycles. The van der Waals surface area contributed by atoms with E-state index in [1.807, 2.05) is 0 Å². The van der Waals surface area contributed by atoms with E-state index in [1.54, 1.807) is 0 Å². The van der Waals surface area contributed by atoms with Crippen LogP contribution in [0.2, 0.25) is 0 Å². The Morgan fingerprint density at radius 2 is 2.00 bits per heavy atom. The number of aliphatic carboxylic acids is 1. The second-order valence-electron chi connectivity index (χ2n) is 2.24. The van der Waals surface area contributed by atoms with Crippen molar-refractivity contribution in [2.24, 2.45) is 0 Å². The first-order valence-corrected chi connectivity index (χ1v) is 3.27. The van der Waals surface area contributed by atoms with Gasteiger partial charge in [-0.15, -0.1) is 0 Å². The van der Waals surface area contributed by atoms with Gasteiger partial charge in [-0.25, -0.2) is 4.79 Å². The number of carboxylic acid groups (broad SMARTS) is 1. The zero-order valence-electron chi connectivity index (χ0n) is 6.54. The van der Waals surface area contributed by atoms with Crippen LogP contribution in [-0.4, -0.2) is 58.4 Å². The minimum atomic E-state index is -1.63. The summed E-state index contributed by atoms with van der Waals surface area (Å²) in [7, 11) is 1.09. The highest BCUT2D eigenvalue weighted by molar-refractivity contribution is 5.73. The van der Waals surface area contributed by atoms with Gasteiger partial charge >= 0.3 is 5.97 Å². The van der Waals surface area contributed by atoms with Crippen LogP contribution >= 0.6 is 0 Å². The highest BCUT2D eigenvalue weighted by Crippen LogP contribution is 2.03. The van der Waals surface area contributed by atoms with E-state index in [4.69, 9.17) is 20.4 Å². The van der Waals surface area contributed by atoms with Crippen molar-refractivity contribution in [3.8, 4) is 0 Å². The SMILES string of the molecule is CO[C@@H](C(=O)O)[C@H](O)[C@H](O)CO. The van der Waals surface area contributed by atoms with Crippen LogP contribution in [0.25, 0.3) is 0 Å². The second kappa shape index (κ2) is 5.04. The Morgan fingerprint density at radius 1 is 1.50 bits per heavy atom. The molecule has 4 N–H and O–H groups in total. The zero-order chi connectivity index (χ0) is 9.72. The first kappa shape index (κ1) is 11.3. The largest absolute Gasteiger partial charge is 0.479 e. The van der Waals surface area contributed by atoms with Crippen molar-refractivity contribution in [2.45, 2.75) is 18.3 Å². The van der Waals surface area contributed by atoms with Gasteiger partial charge in [-0.05, 0) is 0 Å². The van der Waals surface area contributed by atoms with Gasteiger partial charge in [0.05, 0.1) is 6.61 Å². The summed E-state index contributed by atoms with van der Waals surface area (Å²) in [6.45, 7) is -0.714. The molecule has 0 aliphatic heterocycles. The molecule has 0 saturated heterocycles. The molecule has 0 radical (unpaired) electrons. The molecule has 0 spiro atoms. The highest BCUT2D eigenvalue weighted by Gasteiger charge is 2.31. The van der Waals surface area contributed by atoms with E-state index in [0.29, 0.717) is 0 Å². The molecule has 0 aromatic rings. The Morgan fingerprint density at radius 3 is 2.25 bits per heavy atom. The topological polar surface area (TPSA) is 107 Å². The molecule has 0 aromatic heterocycles. The molecular weight excluding hydrogens is 168 g/mol. The van der Waals surface area contributed by atoms with Crippen LogP contribution in [0.15, 0.2) is 0 Å². The molecule has 0 bridgehead atoms. The van der Waals surface area contributed by atoms with Crippen molar-refractivity contribution in [1.82, 2.24) is 0 Å². The molecule has 72 valence electrons. The van der Waals surface area contributed by atoms with Gasteiger partial charge in [-0.1, -0.05) is 0 Å². The van der Waals surface area contributed by atoms with E-state index in [1.165, 1.54) is 0 Å². The molecule has 0 amide bonds. The molecule has 0 unspecified atom stereocenters.